The number of ether oxygens (including phenoxy) is 1. The van der Waals surface area contributed by atoms with Crippen LogP contribution in [0.4, 0.5) is 4.39 Å². The van der Waals surface area contributed by atoms with E-state index in [1.165, 1.54) is 24.4 Å². The highest BCUT2D eigenvalue weighted by Gasteiger charge is 2.08. The van der Waals surface area contributed by atoms with Gasteiger partial charge in [0.15, 0.2) is 0 Å². The summed E-state index contributed by atoms with van der Waals surface area (Å²) in [6, 6.07) is 5.14. The van der Waals surface area contributed by atoms with E-state index in [1.807, 2.05) is 0 Å². The molecule has 1 aromatic heterocycles. The number of hydrogen-bond acceptors (Lipinski definition) is 4. The molecule has 0 aliphatic rings. The molecule has 0 spiro atoms. The van der Waals surface area contributed by atoms with E-state index in [0.717, 1.165) is 6.07 Å². The second kappa shape index (κ2) is 4.97. The highest BCUT2D eigenvalue weighted by molar-refractivity contribution is 6.32. The molecular formula is C11H8ClFN4O. The molecule has 0 atom stereocenters. The van der Waals surface area contributed by atoms with Crippen molar-refractivity contribution >= 4 is 17.4 Å². The topological polar surface area (TPSA) is 84.9 Å². The summed E-state index contributed by atoms with van der Waals surface area (Å²) >= 11 is 5.79. The Morgan fingerprint density at radius 1 is 1.39 bits per heavy atom. The zero-order valence-electron chi connectivity index (χ0n) is 9.02. The van der Waals surface area contributed by atoms with Crippen molar-refractivity contribution in [1.29, 1.82) is 5.41 Å². The van der Waals surface area contributed by atoms with Gasteiger partial charge in [-0.15, -0.1) is 0 Å². The molecule has 1 heterocycles. The van der Waals surface area contributed by atoms with Gasteiger partial charge < -0.3 is 10.5 Å². The first kappa shape index (κ1) is 12.3. The lowest BCUT2D eigenvalue weighted by atomic mass is 10.3. The Labute approximate surface area is 107 Å². The first-order valence-electron chi connectivity index (χ1n) is 4.86. The summed E-state index contributed by atoms with van der Waals surface area (Å²) in [6.07, 6.45) is 1.40. The van der Waals surface area contributed by atoms with E-state index in [9.17, 15) is 4.39 Å². The minimum atomic E-state index is -0.467. The van der Waals surface area contributed by atoms with Gasteiger partial charge in [0.25, 0.3) is 0 Å². The van der Waals surface area contributed by atoms with Gasteiger partial charge >= 0.3 is 6.01 Å². The van der Waals surface area contributed by atoms with Crippen molar-refractivity contribution in [1.82, 2.24) is 9.97 Å². The second-order valence-electron chi connectivity index (χ2n) is 3.31. The van der Waals surface area contributed by atoms with Crippen molar-refractivity contribution < 1.29 is 9.13 Å². The SMILES string of the molecule is N=C(N)c1ccnc(Oc2ccc(F)cc2Cl)n1. The van der Waals surface area contributed by atoms with E-state index in [2.05, 4.69) is 9.97 Å². The fourth-order valence-electron chi connectivity index (χ4n) is 1.20. The number of benzene rings is 1. The van der Waals surface area contributed by atoms with Crippen LogP contribution < -0.4 is 10.5 Å². The zero-order valence-corrected chi connectivity index (χ0v) is 9.78. The van der Waals surface area contributed by atoms with Crippen molar-refractivity contribution in [2.75, 3.05) is 0 Å². The van der Waals surface area contributed by atoms with E-state index in [0.29, 0.717) is 0 Å². The van der Waals surface area contributed by atoms with Crippen molar-refractivity contribution in [2.24, 2.45) is 5.73 Å². The number of halogens is 2. The number of rotatable bonds is 3. The Kier molecular flexibility index (Phi) is 3.38. The predicted molar refractivity (Wildman–Crippen MR) is 64.5 cm³/mol. The van der Waals surface area contributed by atoms with Crippen LogP contribution in [0, 0.1) is 11.2 Å². The normalized spacial score (nSPS) is 10.1. The van der Waals surface area contributed by atoms with Crippen molar-refractivity contribution in [2.45, 2.75) is 0 Å². The number of nitrogens with zero attached hydrogens (tertiary/aromatic N) is 2. The molecule has 0 fully saturated rings. The molecule has 7 heteroatoms. The molecular weight excluding hydrogens is 259 g/mol. The van der Waals surface area contributed by atoms with Gasteiger partial charge in [0.2, 0.25) is 0 Å². The molecule has 0 aliphatic carbocycles. The summed E-state index contributed by atoms with van der Waals surface area (Å²) in [7, 11) is 0. The second-order valence-corrected chi connectivity index (χ2v) is 3.72. The lowest BCUT2D eigenvalue weighted by Crippen LogP contribution is -2.13. The third-order valence-electron chi connectivity index (χ3n) is 2.00. The van der Waals surface area contributed by atoms with E-state index >= 15 is 0 Å². The highest BCUT2D eigenvalue weighted by Crippen LogP contribution is 2.27. The number of aromatic nitrogens is 2. The first-order chi connectivity index (χ1) is 8.56. The summed E-state index contributed by atoms with van der Waals surface area (Å²) < 4.78 is 18.1. The van der Waals surface area contributed by atoms with Crippen LogP contribution in [0.5, 0.6) is 11.8 Å². The molecule has 0 saturated carbocycles. The van der Waals surface area contributed by atoms with E-state index in [1.54, 1.807) is 0 Å². The van der Waals surface area contributed by atoms with Gasteiger partial charge in [-0.05, 0) is 24.3 Å². The van der Waals surface area contributed by atoms with Gasteiger partial charge in [0.05, 0.1) is 5.02 Å². The third-order valence-corrected chi connectivity index (χ3v) is 2.30. The van der Waals surface area contributed by atoms with E-state index in [-0.39, 0.29) is 28.3 Å². The summed E-state index contributed by atoms with van der Waals surface area (Å²) in [4.78, 5) is 7.74. The molecule has 0 saturated heterocycles. The van der Waals surface area contributed by atoms with Crippen LogP contribution in [0.3, 0.4) is 0 Å². The fraction of sp³-hybridized carbons (Fsp3) is 0. The smallest absolute Gasteiger partial charge is 0.322 e. The van der Waals surface area contributed by atoms with E-state index < -0.39 is 5.82 Å². The maximum atomic E-state index is 12.8. The number of nitrogens with one attached hydrogen (secondary N) is 1. The Bertz CT molecular complexity index is 605. The first-order valence-corrected chi connectivity index (χ1v) is 5.24. The van der Waals surface area contributed by atoms with Crippen LogP contribution in [0.25, 0.3) is 0 Å². The summed E-state index contributed by atoms with van der Waals surface area (Å²) in [5, 5.41) is 7.34. The van der Waals surface area contributed by atoms with Crippen LogP contribution in [0.1, 0.15) is 5.69 Å². The van der Waals surface area contributed by atoms with Crippen LogP contribution in [0.2, 0.25) is 5.02 Å². The van der Waals surface area contributed by atoms with Crippen molar-refractivity contribution in [3.8, 4) is 11.8 Å². The molecule has 92 valence electrons. The van der Waals surface area contributed by atoms with Crippen molar-refractivity contribution in [3.05, 3.63) is 47.0 Å². The van der Waals surface area contributed by atoms with Crippen molar-refractivity contribution in [3.63, 3.8) is 0 Å². The van der Waals surface area contributed by atoms with Crippen LogP contribution >= 0.6 is 11.6 Å². The Hall–Kier alpha value is -2.21. The lowest BCUT2D eigenvalue weighted by molar-refractivity contribution is 0.440. The largest absolute Gasteiger partial charge is 0.423 e. The molecule has 2 aromatic rings. The number of amidine groups is 1. The number of nitrogens with two attached hydrogens (primary N) is 1. The molecule has 5 nitrogen and oxygen atoms in total. The predicted octanol–water partition coefficient (Wildman–Crippen LogP) is 2.35. The standard InChI is InChI=1S/C11H8ClFN4O/c12-7-5-6(13)1-2-9(7)18-11-16-4-3-8(17-11)10(14)15/h1-5H,(H3,14,15). The maximum absolute atomic E-state index is 12.8. The minimum Gasteiger partial charge on any atom is -0.423 e. The highest BCUT2D eigenvalue weighted by atomic mass is 35.5. The molecule has 0 amide bonds. The molecule has 0 aliphatic heterocycles. The molecule has 0 unspecified atom stereocenters. The molecule has 0 bridgehead atoms. The monoisotopic (exact) mass is 266 g/mol. The Balaban J connectivity index is 2.28. The number of nitrogen functional groups attached to an aromatic ring is 1. The van der Waals surface area contributed by atoms with Gasteiger partial charge in [-0.3, -0.25) is 5.41 Å². The third kappa shape index (κ3) is 2.72. The molecule has 18 heavy (non-hydrogen) atoms. The summed E-state index contributed by atoms with van der Waals surface area (Å²) in [5.74, 6) is -0.447. The van der Waals surface area contributed by atoms with Gasteiger partial charge in [-0.25, -0.2) is 9.37 Å². The van der Waals surface area contributed by atoms with Gasteiger partial charge in [0.1, 0.15) is 23.1 Å². The molecule has 3 N–H and O–H groups in total. The zero-order chi connectivity index (χ0) is 13.1. The average Bonchev–Trinajstić information content (AvgIpc) is 2.33. The lowest BCUT2D eigenvalue weighted by Gasteiger charge is -2.06. The quantitative estimate of drug-likeness (QED) is 0.660. The van der Waals surface area contributed by atoms with Crippen LogP contribution in [0.15, 0.2) is 30.5 Å². The molecule has 1 aromatic carbocycles. The molecule has 0 radical (unpaired) electrons. The van der Waals surface area contributed by atoms with Gasteiger partial charge in [-0.1, -0.05) is 11.6 Å². The fourth-order valence-corrected chi connectivity index (χ4v) is 1.40. The van der Waals surface area contributed by atoms with Gasteiger partial charge in [0, 0.05) is 6.20 Å². The number of hydrogen-bond donors (Lipinski definition) is 2. The average molecular weight is 267 g/mol. The maximum Gasteiger partial charge on any atom is 0.322 e. The van der Waals surface area contributed by atoms with E-state index in [4.69, 9.17) is 27.5 Å². The van der Waals surface area contributed by atoms with Crippen LogP contribution in [-0.4, -0.2) is 15.8 Å². The Morgan fingerprint density at radius 2 is 2.17 bits per heavy atom. The van der Waals surface area contributed by atoms with Crippen LogP contribution in [-0.2, 0) is 0 Å². The summed E-state index contributed by atoms with van der Waals surface area (Å²) in [6.45, 7) is 0. The minimum absolute atomic E-state index is 0.0174. The molecule has 2 rings (SSSR count). The summed E-state index contributed by atoms with van der Waals surface area (Å²) in [5.41, 5.74) is 5.52. The Morgan fingerprint density at radius 3 is 2.83 bits per heavy atom. The van der Waals surface area contributed by atoms with Gasteiger partial charge in [-0.2, -0.15) is 4.98 Å².